The second-order valence-electron chi connectivity index (χ2n) is 7.23. The number of rotatable bonds is 5. The maximum atomic E-state index is 14.8. The quantitative estimate of drug-likeness (QED) is 0.217. The number of oxazole rings is 1. The molecular weight excluding hydrogens is 423 g/mol. The van der Waals surface area contributed by atoms with Crippen molar-refractivity contribution in [1.29, 1.82) is 0 Å². The van der Waals surface area contributed by atoms with E-state index in [1.807, 2.05) is 84.9 Å². The zero-order valence-electron chi connectivity index (χ0n) is 16.8. The first kappa shape index (κ1) is 19.9. The van der Waals surface area contributed by atoms with Crippen molar-refractivity contribution in [1.82, 2.24) is 4.98 Å². The lowest BCUT2D eigenvalue weighted by atomic mass is 10.2. The van der Waals surface area contributed by atoms with Gasteiger partial charge in [-0.3, -0.25) is 10.1 Å². The Bertz CT molecular complexity index is 1440. The minimum Gasteiger partial charge on any atom is -0.436 e. The van der Waals surface area contributed by atoms with Gasteiger partial charge in [-0.25, -0.2) is 4.98 Å². The van der Waals surface area contributed by atoms with Gasteiger partial charge in [-0.05, 0) is 12.1 Å². The van der Waals surface area contributed by atoms with Gasteiger partial charge in [-0.15, -0.1) is 0 Å². The fraction of sp³-hybridized carbons (Fsp3) is 0. The van der Waals surface area contributed by atoms with Crippen molar-refractivity contribution in [2.45, 2.75) is 0 Å². The van der Waals surface area contributed by atoms with Gasteiger partial charge in [-0.2, -0.15) is 0 Å². The van der Waals surface area contributed by atoms with Crippen LogP contribution >= 0.6 is 7.14 Å². The Morgan fingerprint density at radius 2 is 1.38 bits per heavy atom. The average Bonchev–Trinajstić information content (AvgIpc) is 3.28. The van der Waals surface area contributed by atoms with Crippen molar-refractivity contribution in [2.75, 3.05) is 0 Å². The standard InChI is InChI=1S/C25H17N2O4P/c28-27(29)18-15-16-23-22(17-18)26-25(31-23)21-13-7-8-14-24(21)32(30,19-9-3-1-4-10-19)20-11-5-2-6-12-20/h1-17H. The first-order valence-corrected chi connectivity index (χ1v) is 11.6. The van der Waals surface area contributed by atoms with Gasteiger partial charge in [0.1, 0.15) is 5.52 Å². The van der Waals surface area contributed by atoms with Gasteiger partial charge in [0, 0.05) is 33.6 Å². The van der Waals surface area contributed by atoms with Crippen LogP contribution in [-0.2, 0) is 4.57 Å². The second kappa shape index (κ2) is 7.91. The molecule has 156 valence electrons. The molecule has 0 N–H and O–H groups in total. The van der Waals surface area contributed by atoms with Crippen LogP contribution in [0.15, 0.2) is 108 Å². The minimum atomic E-state index is -3.26. The van der Waals surface area contributed by atoms with E-state index >= 15 is 0 Å². The Labute approximate surface area is 183 Å². The summed E-state index contributed by atoms with van der Waals surface area (Å²) in [6.07, 6.45) is 0. The van der Waals surface area contributed by atoms with E-state index in [1.54, 1.807) is 0 Å². The Morgan fingerprint density at radius 1 is 0.781 bits per heavy atom. The van der Waals surface area contributed by atoms with Gasteiger partial charge in [0.05, 0.1) is 4.92 Å². The summed E-state index contributed by atoms with van der Waals surface area (Å²) in [5, 5.41) is 13.1. The van der Waals surface area contributed by atoms with Crippen molar-refractivity contribution in [2.24, 2.45) is 0 Å². The van der Waals surface area contributed by atoms with Gasteiger partial charge >= 0.3 is 0 Å². The predicted octanol–water partition coefficient (Wildman–Crippen LogP) is 5.04. The summed E-state index contributed by atoms with van der Waals surface area (Å²) in [5.74, 6) is 0.267. The SMILES string of the molecule is O=[N+]([O-])c1ccc2oc(-c3ccccc3P(=O)(c3ccccc3)c3ccccc3)nc2c1. The smallest absolute Gasteiger partial charge is 0.271 e. The third-order valence-corrected chi connectivity index (χ3v) is 8.41. The van der Waals surface area contributed by atoms with E-state index < -0.39 is 12.1 Å². The highest BCUT2D eigenvalue weighted by Gasteiger charge is 2.33. The Morgan fingerprint density at radius 3 is 2.00 bits per heavy atom. The first-order valence-electron chi connectivity index (χ1n) is 9.93. The summed E-state index contributed by atoms with van der Waals surface area (Å²) in [6, 6.07) is 30.3. The number of hydrogen-bond donors (Lipinski definition) is 0. The molecule has 0 atom stereocenters. The molecule has 6 nitrogen and oxygen atoms in total. The van der Waals surface area contributed by atoms with Crippen LogP contribution in [0.2, 0.25) is 0 Å². The first-order chi connectivity index (χ1) is 15.6. The van der Waals surface area contributed by atoms with Crippen molar-refractivity contribution in [3.63, 3.8) is 0 Å². The second-order valence-corrected chi connectivity index (χ2v) is 9.96. The lowest BCUT2D eigenvalue weighted by Gasteiger charge is -2.21. The predicted molar refractivity (Wildman–Crippen MR) is 125 cm³/mol. The molecular formula is C25H17N2O4P. The number of fused-ring (bicyclic) bond motifs is 1. The maximum absolute atomic E-state index is 14.8. The number of hydrogen-bond acceptors (Lipinski definition) is 5. The molecule has 0 spiro atoms. The molecule has 0 unspecified atom stereocenters. The monoisotopic (exact) mass is 440 g/mol. The van der Waals surface area contributed by atoms with Crippen LogP contribution in [0.3, 0.4) is 0 Å². The molecule has 32 heavy (non-hydrogen) atoms. The molecule has 0 amide bonds. The highest BCUT2D eigenvalue weighted by Crippen LogP contribution is 2.45. The summed E-state index contributed by atoms with van der Waals surface area (Å²) >= 11 is 0. The van der Waals surface area contributed by atoms with Crippen molar-refractivity contribution >= 4 is 39.8 Å². The molecule has 1 heterocycles. The summed E-state index contributed by atoms with van der Waals surface area (Å²) < 4.78 is 20.8. The average molecular weight is 440 g/mol. The van der Waals surface area contributed by atoms with E-state index in [-0.39, 0.29) is 11.6 Å². The van der Waals surface area contributed by atoms with E-state index in [0.717, 1.165) is 0 Å². The highest BCUT2D eigenvalue weighted by atomic mass is 31.2. The van der Waals surface area contributed by atoms with Gasteiger partial charge in [0.2, 0.25) is 5.89 Å². The Kier molecular flexibility index (Phi) is 4.92. The van der Waals surface area contributed by atoms with E-state index in [2.05, 4.69) is 4.98 Å². The van der Waals surface area contributed by atoms with E-state index in [1.165, 1.54) is 18.2 Å². The van der Waals surface area contributed by atoms with Crippen LogP contribution in [0.1, 0.15) is 0 Å². The molecule has 5 rings (SSSR count). The third-order valence-electron chi connectivity index (χ3n) is 5.30. The van der Waals surface area contributed by atoms with Crippen molar-refractivity contribution in [3.8, 4) is 11.5 Å². The molecule has 0 saturated heterocycles. The molecule has 4 aromatic carbocycles. The number of non-ortho nitro benzene ring substituents is 1. The van der Waals surface area contributed by atoms with Crippen molar-refractivity contribution in [3.05, 3.63) is 113 Å². The summed E-state index contributed by atoms with van der Waals surface area (Å²) in [5.41, 5.74) is 1.32. The Balaban J connectivity index is 1.75. The summed E-state index contributed by atoms with van der Waals surface area (Å²) in [7, 11) is -3.26. The fourth-order valence-corrected chi connectivity index (χ4v) is 6.62. The largest absolute Gasteiger partial charge is 0.436 e. The lowest BCUT2D eigenvalue weighted by molar-refractivity contribution is -0.384. The van der Waals surface area contributed by atoms with Gasteiger partial charge < -0.3 is 8.98 Å². The highest BCUT2D eigenvalue weighted by molar-refractivity contribution is 7.85. The minimum absolute atomic E-state index is 0.0649. The van der Waals surface area contributed by atoms with Crippen LogP contribution in [-0.4, -0.2) is 9.91 Å². The Hall–Kier alpha value is -4.02. The van der Waals surface area contributed by atoms with Crippen LogP contribution in [0.5, 0.6) is 0 Å². The van der Waals surface area contributed by atoms with E-state index in [0.29, 0.717) is 32.6 Å². The number of nitrogens with zero attached hydrogens (tertiary/aromatic N) is 2. The molecule has 0 aliphatic carbocycles. The molecule has 0 aliphatic rings. The fourth-order valence-electron chi connectivity index (χ4n) is 3.78. The molecule has 0 saturated carbocycles. The maximum Gasteiger partial charge on any atom is 0.271 e. The lowest BCUT2D eigenvalue weighted by Crippen LogP contribution is -2.26. The number of aromatic nitrogens is 1. The summed E-state index contributed by atoms with van der Waals surface area (Å²) in [6.45, 7) is 0. The third kappa shape index (κ3) is 3.31. The van der Waals surface area contributed by atoms with Crippen molar-refractivity contribution < 1.29 is 13.9 Å². The zero-order chi connectivity index (χ0) is 22.1. The molecule has 0 aliphatic heterocycles. The number of benzene rings is 4. The van der Waals surface area contributed by atoms with Gasteiger partial charge in [-0.1, -0.05) is 78.9 Å². The van der Waals surface area contributed by atoms with Crippen LogP contribution in [0.4, 0.5) is 5.69 Å². The molecule has 0 fully saturated rings. The summed E-state index contributed by atoms with van der Waals surface area (Å²) in [4.78, 5) is 15.2. The van der Waals surface area contributed by atoms with Gasteiger partial charge in [0.25, 0.3) is 5.69 Å². The van der Waals surface area contributed by atoms with Crippen LogP contribution in [0, 0.1) is 10.1 Å². The molecule has 7 heteroatoms. The topological polar surface area (TPSA) is 86.2 Å². The molecule has 0 bridgehead atoms. The van der Waals surface area contributed by atoms with Crippen LogP contribution < -0.4 is 15.9 Å². The normalized spacial score (nSPS) is 11.5. The van der Waals surface area contributed by atoms with Crippen LogP contribution in [0.25, 0.3) is 22.6 Å². The zero-order valence-corrected chi connectivity index (χ0v) is 17.7. The van der Waals surface area contributed by atoms with E-state index in [4.69, 9.17) is 4.42 Å². The van der Waals surface area contributed by atoms with Gasteiger partial charge in [0.15, 0.2) is 12.7 Å². The number of nitro groups is 1. The van der Waals surface area contributed by atoms with E-state index in [9.17, 15) is 14.7 Å². The number of nitro benzene ring substituents is 1. The molecule has 5 aromatic rings. The molecule has 1 aromatic heterocycles. The molecule has 0 radical (unpaired) electrons.